The van der Waals surface area contributed by atoms with E-state index in [-0.39, 0.29) is 11.6 Å². The average molecular weight is 236 g/mol. The quantitative estimate of drug-likeness (QED) is 0.792. The minimum Gasteiger partial charge on any atom is -0.314 e. The molecule has 17 heavy (non-hydrogen) atoms. The summed E-state index contributed by atoms with van der Waals surface area (Å²) < 4.78 is 0. The SMILES string of the molecule is CCc1cc(=O)[nH]c(C(C)N2CCNCC2)n1. The highest BCUT2D eigenvalue weighted by atomic mass is 16.1. The van der Waals surface area contributed by atoms with E-state index in [1.807, 2.05) is 6.92 Å². The molecule has 1 fully saturated rings. The maximum absolute atomic E-state index is 11.5. The Morgan fingerprint density at radius 3 is 2.82 bits per heavy atom. The van der Waals surface area contributed by atoms with E-state index in [1.165, 1.54) is 0 Å². The molecule has 2 heterocycles. The minimum absolute atomic E-state index is 0.0474. The molecule has 2 rings (SSSR count). The Morgan fingerprint density at radius 1 is 1.47 bits per heavy atom. The third-order valence-electron chi connectivity index (χ3n) is 3.27. The van der Waals surface area contributed by atoms with Crippen LogP contribution in [0, 0.1) is 0 Å². The van der Waals surface area contributed by atoms with Crippen molar-refractivity contribution in [1.29, 1.82) is 0 Å². The number of H-pyrrole nitrogens is 1. The lowest BCUT2D eigenvalue weighted by Crippen LogP contribution is -2.45. The van der Waals surface area contributed by atoms with E-state index in [1.54, 1.807) is 6.07 Å². The minimum atomic E-state index is -0.0474. The zero-order valence-corrected chi connectivity index (χ0v) is 10.5. The third-order valence-corrected chi connectivity index (χ3v) is 3.27. The molecule has 94 valence electrons. The first-order valence-electron chi connectivity index (χ1n) is 6.25. The van der Waals surface area contributed by atoms with Crippen LogP contribution < -0.4 is 10.9 Å². The van der Waals surface area contributed by atoms with E-state index in [4.69, 9.17) is 0 Å². The van der Waals surface area contributed by atoms with E-state index in [0.29, 0.717) is 0 Å². The van der Waals surface area contributed by atoms with Crippen molar-refractivity contribution in [3.8, 4) is 0 Å². The van der Waals surface area contributed by atoms with Gasteiger partial charge in [-0.3, -0.25) is 9.69 Å². The molecule has 1 aromatic heterocycles. The largest absolute Gasteiger partial charge is 0.314 e. The fourth-order valence-electron chi connectivity index (χ4n) is 2.15. The Hall–Kier alpha value is -1.20. The highest BCUT2D eigenvalue weighted by molar-refractivity contribution is 5.05. The predicted octanol–water partition coefficient (Wildman–Crippen LogP) is 0.298. The molecule has 0 bridgehead atoms. The molecule has 1 aromatic rings. The van der Waals surface area contributed by atoms with Gasteiger partial charge >= 0.3 is 0 Å². The Labute approximate surface area is 101 Å². The molecule has 1 saturated heterocycles. The van der Waals surface area contributed by atoms with Crippen LogP contribution >= 0.6 is 0 Å². The van der Waals surface area contributed by atoms with Gasteiger partial charge in [-0.15, -0.1) is 0 Å². The van der Waals surface area contributed by atoms with Crippen molar-refractivity contribution >= 4 is 0 Å². The van der Waals surface area contributed by atoms with Gasteiger partial charge in [0.15, 0.2) is 0 Å². The summed E-state index contributed by atoms with van der Waals surface area (Å²) in [7, 11) is 0. The molecule has 1 aliphatic rings. The Kier molecular flexibility index (Phi) is 3.91. The molecule has 1 atom stereocenters. The van der Waals surface area contributed by atoms with Crippen LogP contribution in [-0.4, -0.2) is 41.0 Å². The monoisotopic (exact) mass is 236 g/mol. The molecular weight excluding hydrogens is 216 g/mol. The van der Waals surface area contributed by atoms with E-state index >= 15 is 0 Å². The van der Waals surface area contributed by atoms with Gasteiger partial charge in [0.1, 0.15) is 5.82 Å². The molecule has 0 saturated carbocycles. The van der Waals surface area contributed by atoms with Crippen molar-refractivity contribution in [3.63, 3.8) is 0 Å². The standard InChI is InChI=1S/C12H20N4O/c1-3-10-8-11(17)15-12(14-10)9(2)16-6-4-13-5-7-16/h8-9,13H,3-7H2,1-2H3,(H,14,15,17). The smallest absolute Gasteiger partial charge is 0.251 e. The highest BCUT2D eigenvalue weighted by Gasteiger charge is 2.19. The van der Waals surface area contributed by atoms with Crippen molar-refractivity contribution in [2.45, 2.75) is 26.3 Å². The average Bonchev–Trinajstić information content (AvgIpc) is 2.38. The second kappa shape index (κ2) is 5.42. The highest BCUT2D eigenvalue weighted by Crippen LogP contribution is 2.15. The zero-order chi connectivity index (χ0) is 12.3. The van der Waals surface area contributed by atoms with Gasteiger partial charge in [-0.05, 0) is 13.3 Å². The summed E-state index contributed by atoms with van der Waals surface area (Å²) in [6.07, 6.45) is 0.797. The second-order valence-corrected chi connectivity index (χ2v) is 4.44. The summed E-state index contributed by atoms with van der Waals surface area (Å²) in [5.74, 6) is 0.788. The van der Waals surface area contributed by atoms with Crippen molar-refractivity contribution in [2.24, 2.45) is 0 Å². The van der Waals surface area contributed by atoms with E-state index in [2.05, 4.69) is 27.1 Å². The molecule has 0 radical (unpaired) electrons. The Balaban J connectivity index is 2.20. The Bertz CT molecular complexity index is 423. The van der Waals surface area contributed by atoms with E-state index in [9.17, 15) is 4.79 Å². The van der Waals surface area contributed by atoms with Gasteiger partial charge in [-0.25, -0.2) is 4.98 Å². The molecule has 5 heteroatoms. The number of aromatic nitrogens is 2. The van der Waals surface area contributed by atoms with E-state index < -0.39 is 0 Å². The number of piperazine rings is 1. The first-order chi connectivity index (χ1) is 8.20. The van der Waals surface area contributed by atoms with Gasteiger partial charge in [0.2, 0.25) is 0 Å². The van der Waals surface area contributed by atoms with Crippen LogP contribution in [-0.2, 0) is 6.42 Å². The summed E-state index contributed by atoms with van der Waals surface area (Å²) in [6, 6.07) is 1.75. The number of rotatable bonds is 3. The van der Waals surface area contributed by atoms with Crippen LogP contribution in [0.2, 0.25) is 0 Å². The maximum Gasteiger partial charge on any atom is 0.251 e. The number of nitrogens with one attached hydrogen (secondary N) is 2. The van der Waals surface area contributed by atoms with Crippen molar-refractivity contribution in [2.75, 3.05) is 26.2 Å². The summed E-state index contributed by atoms with van der Waals surface area (Å²) in [4.78, 5) is 21.2. The van der Waals surface area contributed by atoms with Crippen molar-refractivity contribution in [1.82, 2.24) is 20.2 Å². The predicted molar refractivity (Wildman–Crippen MR) is 67.1 cm³/mol. The zero-order valence-electron chi connectivity index (χ0n) is 10.5. The third kappa shape index (κ3) is 2.92. The maximum atomic E-state index is 11.5. The molecule has 5 nitrogen and oxygen atoms in total. The molecule has 1 aliphatic heterocycles. The summed E-state index contributed by atoms with van der Waals surface area (Å²) in [5, 5.41) is 3.32. The van der Waals surface area contributed by atoms with Gasteiger partial charge in [-0.1, -0.05) is 6.92 Å². The second-order valence-electron chi connectivity index (χ2n) is 4.44. The van der Waals surface area contributed by atoms with Crippen LogP contribution in [0.3, 0.4) is 0 Å². The summed E-state index contributed by atoms with van der Waals surface area (Å²) in [5.41, 5.74) is 0.819. The molecular formula is C12H20N4O. The molecule has 0 spiro atoms. The van der Waals surface area contributed by atoms with Gasteiger partial charge < -0.3 is 10.3 Å². The van der Waals surface area contributed by atoms with Crippen LogP contribution in [0.5, 0.6) is 0 Å². The van der Waals surface area contributed by atoms with Crippen LogP contribution in [0.1, 0.15) is 31.4 Å². The van der Waals surface area contributed by atoms with Gasteiger partial charge in [0.25, 0.3) is 5.56 Å². The fraction of sp³-hybridized carbons (Fsp3) is 0.667. The first kappa shape index (κ1) is 12.3. The van der Waals surface area contributed by atoms with Crippen molar-refractivity contribution < 1.29 is 0 Å². The lowest BCUT2D eigenvalue weighted by molar-refractivity contribution is 0.178. The number of hydrogen-bond donors (Lipinski definition) is 2. The molecule has 0 aliphatic carbocycles. The molecule has 0 amide bonds. The molecule has 2 N–H and O–H groups in total. The van der Waals surface area contributed by atoms with Gasteiger partial charge in [-0.2, -0.15) is 0 Å². The molecule has 1 unspecified atom stereocenters. The lowest BCUT2D eigenvalue weighted by Gasteiger charge is -2.32. The normalized spacial score (nSPS) is 19.2. The van der Waals surface area contributed by atoms with Gasteiger partial charge in [0.05, 0.1) is 6.04 Å². The van der Waals surface area contributed by atoms with Crippen LogP contribution in [0.4, 0.5) is 0 Å². The summed E-state index contributed by atoms with van der Waals surface area (Å²) in [6.45, 7) is 8.12. The number of nitrogens with zero attached hydrogens (tertiary/aromatic N) is 2. The number of aromatic amines is 1. The lowest BCUT2D eigenvalue weighted by atomic mass is 10.2. The van der Waals surface area contributed by atoms with Crippen molar-refractivity contribution in [3.05, 3.63) is 27.9 Å². The van der Waals surface area contributed by atoms with E-state index in [0.717, 1.165) is 44.1 Å². The summed E-state index contributed by atoms with van der Waals surface area (Å²) >= 11 is 0. The molecule has 0 aromatic carbocycles. The number of aryl methyl sites for hydroxylation is 1. The topological polar surface area (TPSA) is 61.0 Å². The first-order valence-corrected chi connectivity index (χ1v) is 6.25. The van der Waals surface area contributed by atoms with Gasteiger partial charge in [0, 0.05) is 37.9 Å². The van der Waals surface area contributed by atoms with Crippen LogP contribution in [0.25, 0.3) is 0 Å². The Morgan fingerprint density at radius 2 is 2.18 bits per heavy atom. The number of hydrogen-bond acceptors (Lipinski definition) is 4. The fourth-order valence-corrected chi connectivity index (χ4v) is 2.15. The van der Waals surface area contributed by atoms with Crippen LogP contribution in [0.15, 0.2) is 10.9 Å².